The molecule has 0 aromatic heterocycles. The van der Waals surface area contributed by atoms with E-state index in [4.69, 9.17) is 0 Å². The van der Waals surface area contributed by atoms with Crippen LogP contribution in [0, 0.1) is 16.0 Å². The molecule has 1 saturated carbocycles. The van der Waals surface area contributed by atoms with E-state index in [9.17, 15) is 14.9 Å². The Labute approximate surface area is 124 Å². The van der Waals surface area contributed by atoms with Gasteiger partial charge in [-0.05, 0) is 31.7 Å². The Bertz CT molecular complexity index is 527. The second-order valence-corrected chi connectivity index (χ2v) is 5.36. The molecule has 2 N–H and O–H groups in total. The van der Waals surface area contributed by atoms with E-state index in [0.717, 1.165) is 18.8 Å². The van der Waals surface area contributed by atoms with Crippen LogP contribution in [0.25, 0.3) is 0 Å². The number of hydrogen-bond acceptors (Lipinski definition) is 4. The minimum atomic E-state index is -0.487. The summed E-state index contributed by atoms with van der Waals surface area (Å²) in [6.07, 6.45) is 4.73. The van der Waals surface area contributed by atoms with Gasteiger partial charge in [0.2, 0.25) is 0 Å². The molecule has 21 heavy (non-hydrogen) atoms. The smallest absolute Gasteiger partial charge is 0.270 e. The Morgan fingerprint density at radius 2 is 2.19 bits per heavy atom. The first-order chi connectivity index (χ1) is 10.1. The van der Waals surface area contributed by atoms with Gasteiger partial charge in [-0.1, -0.05) is 12.8 Å². The maximum absolute atomic E-state index is 12.2. The summed E-state index contributed by atoms with van der Waals surface area (Å²) in [4.78, 5) is 22.6. The first-order valence-corrected chi connectivity index (χ1v) is 7.42. The lowest BCUT2D eigenvalue weighted by atomic mass is 10.1. The molecule has 6 nitrogen and oxygen atoms in total. The zero-order valence-corrected chi connectivity index (χ0v) is 12.2. The van der Waals surface area contributed by atoms with Crippen molar-refractivity contribution in [2.45, 2.75) is 32.6 Å². The fourth-order valence-corrected chi connectivity index (χ4v) is 2.27. The topological polar surface area (TPSA) is 84.3 Å². The maximum atomic E-state index is 12.2. The van der Waals surface area contributed by atoms with Gasteiger partial charge in [0, 0.05) is 30.9 Å². The van der Waals surface area contributed by atoms with Crippen molar-refractivity contribution in [2.75, 3.05) is 18.4 Å². The summed E-state index contributed by atoms with van der Waals surface area (Å²) in [5.74, 6) is 0.586. The number of carbonyl (C=O) groups excluding carboxylic acids is 1. The van der Waals surface area contributed by atoms with Gasteiger partial charge in [-0.15, -0.1) is 0 Å². The molecule has 0 aliphatic heterocycles. The number of amides is 1. The highest BCUT2D eigenvalue weighted by molar-refractivity contribution is 6.00. The van der Waals surface area contributed by atoms with Crippen molar-refractivity contribution >= 4 is 17.3 Å². The lowest BCUT2D eigenvalue weighted by Gasteiger charge is -2.11. The fraction of sp³-hybridized carbons (Fsp3) is 0.533. The van der Waals surface area contributed by atoms with Crippen molar-refractivity contribution in [3.8, 4) is 0 Å². The van der Waals surface area contributed by atoms with Crippen LogP contribution in [0.2, 0.25) is 0 Å². The summed E-state index contributed by atoms with van der Waals surface area (Å²) in [6.45, 7) is 3.18. The third-order valence-corrected chi connectivity index (χ3v) is 3.60. The summed E-state index contributed by atoms with van der Waals surface area (Å²) < 4.78 is 0. The van der Waals surface area contributed by atoms with Gasteiger partial charge in [0.1, 0.15) is 0 Å². The number of non-ortho nitro benzene ring substituents is 1. The minimum absolute atomic E-state index is 0.0696. The number of hydrogen-bond donors (Lipinski definition) is 2. The Hall–Kier alpha value is -2.11. The molecule has 6 heteroatoms. The van der Waals surface area contributed by atoms with Crippen LogP contribution in [0.5, 0.6) is 0 Å². The van der Waals surface area contributed by atoms with Crippen LogP contribution in [0.3, 0.4) is 0 Å². The number of nitro benzene ring substituents is 1. The summed E-state index contributed by atoms with van der Waals surface area (Å²) in [7, 11) is 0. The maximum Gasteiger partial charge on any atom is 0.270 e. The molecule has 0 bridgehead atoms. The lowest BCUT2D eigenvalue weighted by molar-refractivity contribution is -0.384. The molecule has 2 rings (SSSR count). The standard InChI is InChI=1S/C15H21N3O3/c1-2-16-14-8-7-12(18(20)21)10-13(14)15(19)17-9-3-4-11-5-6-11/h7-8,10-11,16H,2-6,9H2,1H3,(H,17,19). The predicted molar refractivity (Wildman–Crippen MR) is 81.6 cm³/mol. The Morgan fingerprint density at radius 1 is 1.43 bits per heavy atom. The highest BCUT2D eigenvalue weighted by atomic mass is 16.6. The molecule has 0 heterocycles. The average molecular weight is 291 g/mol. The molecule has 1 aromatic rings. The molecule has 0 atom stereocenters. The van der Waals surface area contributed by atoms with Gasteiger partial charge in [-0.25, -0.2) is 0 Å². The third-order valence-electron chi connectivity index (χ3n) is 3.60. The number of nitro groups is 1. The van der Waals surface area contributed by atoms with Crippen LogP contribution in [-0.2, 0) is 0 Å². The van der Waals surface area contributed by atoms with E-state index < -0.39 is 4.92 Å². The van der Waals surface area contributed by atoms with Gasteiger partial charge in [-0.3, -0.25) is 14.9 Å². The van der Waals surface area contributed by atoms with Crippen LogP contribution < -0.4 is 10.6 Å². The Morgan fingerprint density at radius 3 is 2.81 bits per heavy atom. The molecule has 0 spiro atoms. The zero-order valence-electron chi connectivity index (χ0n) is 12.2. The quantitative estimate of drug-likeness (QED) is 0.438. The summed E-state index contributed by atoms with van der Waals surface area (Å²) >= 11 is 0. The molecule has 1 aromatic carbocycles. The van der Waals surface area contributed by atoms with Gasteiger partial charge >= 0.3 is 0 Å². The summed E-state index contributed by atoms with van der Waals surface area (Å²) in [6, 6.07) is 4.32. The van der Waals surface area contributed by atoms with Crippen molar-refractivity contribution in [2.24, 2.45) is 5.92 Å². The largest absolute Gasteiger partial charge is 0.385 e. The van der Waals surface area contributed by atoms with Gasteiger partial charge in [0.05, 0.1) is 10.5 Å². The van der Waals surface area contributed by atoms with E-state index in [1.54, 1.807) is 6.07 Å². The number of benzene rings is 1. The second-order valence-electron chi connectivity index (χ2n) is 5.36. The van der Waals surface area contributed by atoms with E-state index >= 15 is 0 Å². The Balaban J connectivity index is 2.00. The zero-order chi connectivity index (χ0) is 15.2. The molecule has 1 fully saturated rings. The van der Waals surface area contributed by atoms with Crippen LogP contribution in [0.4, 0.5) is 11.4 Å². The highest BCUT2D eigenvalue weighted by Crippen LogP contribution is 2.33. The van der Waals surface area contributed by atoms with Crippen molar-refractivity contribution in [1.29, 1.82) is 0 Å². The number of rotatable bonds is 8. The number of anilines is 1. The highest BCUT2D eigenvalue weighted by Gasteiger charge is 2.20. The Kier molecular flexibility index (Phi) is 5.14. The molecule has 114 valence electrons. The fourth-order valence-electron chi connectivity index (χ4n) is 2.27. The van der Waals surface area contributed by atoms with Crippen molar-refractivity contribution in [3.63, 3.8) is 0 Å². The number of nitrogens with one attached hydrogen (secondary N) is 2. The molecule has 0 unspecified atom stereocenters. The minimum Gasteiger partial charge on any atom is -0.385 e. The average Bonchev–Trinajstić information content (AvgIpc) is 3.28. The van der Waals surface area contributed by atoms with Gasteiger partial charge < -0.3 is 10.6 Å². The van der Waals surface area contributed by atoms with E-state index in [1.807, 2.05) is 6.92 Å². The normalized spacial score (nSPS) is 13.8. The molecule has 1 aliphatic carbocycles. The molecular weight excluding hydrogens is 270 g/mol. The first kappa shape index (κ1) is 15.3. The van der Waals surface area contributed by atoms with E-state index in [-0.39, 0.29) is 11.6 Å². The SMILES string of the molecule is CCNc1ccc([N+](=O)[O-])cc1C(=O)NCCCC1CC1. The van der Waals surface area contributed by atoms with E-state index in [1.165, 1.54) is 25.0 Å². The van der Waals surface area contributed by atoms with Crippen molar-refractivity contribution < 1.29 is 9.72 Å². The summed E-state index contributed by atoms with van der Waals surface area (Å²) in [5, 5.41) is 16.7. The van der Waals surface area contributed by atoms with Crippen molar-refractivity contribution in [3.05, 3.63) is 33.9 Å². The van der Waals surface area contributed by atoms with Crippen LogP contribution in [0.15, 0.2) is 18.2 Å². The van der Waals surface area contributed by atoms with Crippen LogP contribution >= 0.6 is 0 Å². The number of carbonyl (C=O) groups is 1. The van der Waals surface area contributed by atoms with Crippen molar-refractivity contribution in [1.82, 2.24) is 5.32 Å². The molecular formula is C15H21N3O3. The summed E-state index contributed by atoms with van der Waals surface area (Å²) in [5.41, 5.74) is 0.889. The molecule has 1 amide bonds. The van der Waals surface area contributed by atoms with E-state index in [2.05, 4.69) is 10.6 Å². The molecule has 0 saturated heterocycles. The number of nitrogens with zero attached hydrogens (tertiary/aromatic N) is 1. The molecule has 1 aliphatic rings. The third kappa shape index (κ3) is 4.44. The van der Waals surface area contributed by atoms with Gasteiger partial charge in [0.25, 0.3) is 11.6 Å². The predicted octanol–water partition coefficient (Wildman–Crippen LogP) is 2.95. The second kappa shape index (κ2) is 7.06. The monoisotopic (exact) mass is 291 g/mol. The van der Waals surface area contributed by atoms with Gasteiger partial charge in [-0.2, -0.15) is 0 Å². The van der Waals surface area contributed by atoms with Crippen LogP contribution in [-0.4, -0.2) is 23.9 Å². The van der Waals surface area contributed by atoms with E-state index in [0.29, 0.717) is 24.3 Å². The van der Waals surface area contributed by atoms with Crippen LogP contribution in [0.1, 0.15) is 43.0 Å². The first-order valence-electron chi connectivity index (χ1n) is 7.42. The molecule has 0 radical (unpaired) electrons. The lowest BCUT2D eigenvalue weighted by Crippen LogP contribution is -2.25. The van der Waals surface area contributed by atoms with Gasteiger partial charge in [0.15, 0.2) is 0 Å².